The fourth-order valence-electron chi connectivity index (χ4n) is 3.21. The maximum atomic E-state index is 12.1. The van der Waals surface area contributed by atoms with Gasteiger partial charge < -0.3 is 10.4 Å². The van der Waals surface area contributed by atoms with Gasteiger partial charge in [-0.15, -0.1) is 0 Å². The Bertz CT molecular complexity index is 408. The molecule has 0 radical (unpaired) electrons. The van der Waals surface area contributed by atoms with Gasteiger partial charge >= 0.3 is 0 Å². The highest BCUT2D eigenvalue weighted by Crippen LogP contribution is 2.39. The summed E-state index contributed by atoms with van der Waals surface area (Å²) in [5, 5.41) is 22.4. The molecular weight excluding hydrogens is 254 g/mol. The van der Waals surface area contributed by atoms with E-state index >= 15 is 0 Å². The largest absolute Gasteiger partial charge is 0.389 e. The summed E-state index contributed by atoms with van der Waals surface area (Å²) in [7, 11) is 1.84. The number of hydrogen-bond donors (Lipinski definition) is 2. The molecule has 2 rings (SSSR count). The molecule has 2 aliphatic rings. The fourth-order valence-corrected chi connectivity index (χ4v) is 3.21. The molecule has 0 aromatic heterocycles. The molecule has 20 heavy (non-hydrogen) atoms. The molecule has 0 saturated heterocycles. The Balaban J connectivity index is 1.80. The molecule has 0 aromatic carbocycles. The van der Waals surface area contributed by atoms with Crippen LogP contribution in [0, 0.1) is 17.2 Å². The maximum absolute atomic E-state index is 12.1. The molecule has 2 fully saturated rings. The van der Waals surface area contributed by atoms with E-state index in [1.165, 1.54) is 0 Å². The highest BCUT2D eigenvalue weighted by atomic mass is 16.3. The van der Waals surface area contributed by atoms with Crippen molar-refractivity contribution in [3.05, 3.63) is 0 Å². The monoisotopic (exact) mass is 279 g/mol. The van der Waals surface area contributed by atoms with Gasteiger partial charge in [0.05, 0.1) is 18.2 Å². The van der Waals surface area contributed by atoms with Crippen LogP contribution in [0.3, 0.4) is 0 Å². The standard InChI is InChI=1S/C15H25N3O2/c1-14(10-16,12-5-6-12)17-13(19)9-18(2)11-15(20)7-3-4-8-15/h12,20H,3-9,11H2,1-2H3,(H,17,19). The Morgan fingerprint density at radius 1 is 1.50 bits per heavy atom. The highest BCUT2D eigenvalue weighted by molar-refractivity contribution is 5.79. The lowest BCUT2D eigenvalue weighted by molar-refractivity contribution is -0.124. The zero-order valence-electron chi connectivity index (χ0n) is 12.5. The molecule has 2 aliphatic carbocycles. The van der Waals surface area contributed by atoms with E-state index in [0.29, 0.717) is 12.5 Å². The van der Waals surface area contributed by atoms with Crippen LogP contribution in [0.25, 0.3) is 0 Å². The number of nitrogens with zero attached hydrogens (tertiary/aromatic N) is 2. The van der Waals surface area contributed by atoms with Gasteiger partial charge in [-0.3, -0.25) is 9.69 Å². The third kappa shape index (κ3) is 3.71. The Morgan fingerprint density at radius 3 is 2.60 bits per heavy atom. The number of hydrogen-bond acceptors (Lipinski definition) is 4. The number of amides is 1. The van der Waals surface area contributed by atoms with Crippen LogP contribution in [-0.2, 0) is 4.79 Å². The summed E-state index contributed by atoms with van der Waals surface area (Å²) < 4.78 is 0. The van der Waals surface area contributed by atoms with E-state index < -0.39 is 11.1 Å². The van der Waals surface area contributed by atoms with Crippen LogP contribution in [0.15, 0.2) is 0 Å². The van der Waals surface area contributed by atoms with Gasteiger partial charge in [-0.2, -0.15) is 5.26 Å². The number of aliphatic hydroxyl groups is 1. The van der Waals surface area contributed by atoms with Crippen molar-refractivity contribution in [1.82, 2.24) is 10.2 Å². The minimum Gasteiger partial charge on any atom is -0.389 e. The smallest absolute Gasteiger partial charge is 0.235 e. The first-order chi connectivity index (χ1) is 9.37. The first-order valence-corrected chi connectivity index (χ1v) is 7.50. The number of likely N-dealkylation sites (N-methyl/N-ethyl adjacent to an activating group) is 1. The van der Waals surface area contributed by atoms with Gasteiger partial charge in [-0.05, 0) is 45.6 Å². The van der Waals surface area contributed by atoms with E-state index in [4.69, 9.17) is 0 Å². The Morgan fingerprint density at radius 2 is 2.10 bits per heavy atom. The van der Waals surface area contributed by atoms with Gasteiger partial charge in [0.15, 0.2) is 0 Å². The third-order valence-corrected chi connectivity index (χ3v) is 4.54. The summed E-state index contributed by atoms with van der Waals surface area (Å²) in [5.74, 6) is 0.158. The number of nitrogens with one attached hydrogen (secondary N) is 1. The topological polar surface area (TPSA) is 76.4 Å². The van der Waals surface area contributed by atoms with E-state index in [1.807, 2.05) is 11.9 Å². The van der Waals surface area contributed by atoms with Gasteiger partial charge in [0, 0.05) is 6.54 Å². The van der Waals surface area contributed by atoms with Crippen molar-refractivity contribution in [1.29, 1.82) is 5.26 Å². The lowest BCUT2D eigenvalue weighted by Crippen LogP contribution is -2.51. The van der Waals surface area contributed by atoms with Crippen LogP contribution in [0.4, 0.5) is 0 Å². The fraction of sp³-hybridized carbons (Fsp3) is 0.867. The molecule has 0 heterocycles. The second kappa shape index (κ2) is 5.71. The van der Waals surface area contributed by atoms with Crippen LogP contribution < -0.4 is 5.32 Å². The summed E-state index contributed by atoms with van der Waals surface area (Å²) in [6.07, 6.45) is 5.78. The van der Waals surface area contributed by atoms with Crippen molar-refractivity contribution in [2.45, 2.75) is 56.6 Å². The van der Waals surface area contributed by atoms with Gasteiger partial charge in [0.2, 0.25) is 5.91 Å². The van der Waals surface area contributed by atoms with Gasteiger partial charge in [-0.1, -0.05) is 12.8 Å². The zero-order valence-corrected chi connectivity index (χ0v) is 12.5. The molecule has 1 atom stereocenters. The van der Waals surface area contributed by atoms with Crippen LogP contribution >= 0.6 is 0 Å². The van der Waals surface area contributed by atoms with Crippen molar-refractivity contribution < 1.29 is 9.90 Å². The minimum atomic E-state index is -0.734. The summed E-state index contributed by atoms with van der Waals surface area (Å²) in [4.78, 5) is 13.9. The quantitative estimate of drug-likeness (QED) is 0.761. The van der Waals surface area contributed by atoms with Crippen LogP contribution in [0.1, 0.15) is 45.4 Å². The van der Waals surface area contributed by atoms with Crippen LogP contribution in [-0.4, -0.2) is 47.2 Å². The second-order valence-corrected chi connectivity index (χ2v) is 6.74. The molecule has 0 aromatic rings. The summed E-state index contributed by atoms with van der Waals surface area (Å²) in [5.41, 5.74) is -1.37. The normalized spacial score (nSPS) is 24.1. The highest BCUT2D eigenvalue weighted by Gasteiger charge is 2.43. The Hall–Kier alpha value is -1.12. The lowest BCUT2D eigenvalue weighted by Gasteiger charge is -2.29. The van der Waals surface area contributed by atoms with E-state index in [9.17, 15) is 15.2 Å². The van der Waals surface area contributed by atoms with Crippen molar-refractivity contribution in [3.8, 4) is 6.07 Å². The van der Waals surface area contributed by atoms with E-state index in [2.05, 4.69) is 11.4 Å². The van der Waals surface area contributed by atoms with E-state index in [-0.39, 0.29) is 12.5 Å². The van der Waals surface area contributed by atoms with Gasteiger partial charge in [-0.25, -0.2) is 0 Å². The molecule has 0 bridgehead atoms. The van der Waals surface area contributed by atoms with Crippen molar-refractivity contribution in [3.63, 3.8) is 0 Å². The van der Waals surface area contributed by atoms with Crippen molar-refractivity contribution >= 4 is 5.91 Å². The number of rotatable bonds is 6. The summed E-state index contributed by atoms with van der Waals surface area (Å²) in [6, 6.07) is 2.23. The molecule has 112 valence electrons. The van der Waals surface area contributed by atoms with Crippen molar-refractivity contribution in [2.24, 2.45) is 5.92 Å². The van der Waals surface area contributed by atoms with Crippen molar-refractivity contribution in [2.75, 3.05) is 20.1 Å². The molecule has 2 saturated carbocycles. The van der Waals surface area contributed by atoms with E-state index in [1.54, 1.807) is 6.92 Å². The second-order valence-electron chi connectivity index (χ2n) is 6.74. The predicted molar refractivity (Wildman–Crippen MR) is 75.8 cm³/mol. The van der Waals surface area contributed by atoms with Crippen LogP contribution in [0.5, 0.6) is 0 Å². The Labute approximate surface area is 120 Å². The first kappa shape index (κ1) is 15.3. The SMILES string of the molecule is CN(CC(=O)NC(C)(C#N)C1CC1)CC1(O)CCCC1. The van der Waals surface area contributed by atoms with E-state index in [0.717, 1.165) is 38.5 Å². The number of carbonyl (C=O) groups is 1. The Kier molecular flexibility index (Phi) is 4.36. The number of carbonyl (C=O) groups excluding carboxylic acids is 1. The molecule has 1 unspecified atom stereocenters. The average molecular weight is 279 g/mol. The first-order valence-electron chi connectivity index (χ1n) is 7.50. The number of nitriles is 1. The van der Waals surface area contributed by atoms with Crippen LogP contribution in [0.2, 0.25) is 0 Å². The molecule has 5 heteroatoms. The molecule has 0 spiro atoms. The van der Waals surface area contributed by atoms with Gasteiger partial charge in [0.25, 0.3) is 0 Å². The lowest BCUT2D eigenvalue weighted by atomic mass is 9.98. The minimum absolute atomic E-state index is 0.134. The molecule has 5 nitrogen and oxygen atoms in total. The summed E-state index contributed by atoms with van der Waals surface area (Å²) in [6.45, 7) is 2.55. The molecule has 2 N–H and O–H groups in total. The summed E-state index contributed by atoms with van der Waals surface area (Å²) >= 11 is 0. The maximum Gasteiger partial charge on any atom is 0.235 e. The molecular formula is C15H25N3O2. The zero-order chi connectivity index (χ0) is 14.8. The molecule has 0 aliphatic heterocycles. The molecule has 1 amide bonds. The predicted octanol–water partition coefficient (Wildman–Crippen LogP) is 1.03. The van der Waals surface area contributed by atoms with Gasteiger partial charge in [0.1, 0.15) is 5.54 Å². The average Bonchev–Trinajstić information content (AvgIpc) is 3.13. The third-order valence-electron chi connectivity index (χ3n) is 4.54.